The molecule has 1 saturated heterocycles. The van der Waals surface area contributed by atoms with Crippen molar-refractivity contribution in [2.24, 2.45) is 5.92 Å². The van der Waals surface area contributed by atoms with Gasteiger partial charge in [-0.2, -0.15) is 0 Å². The minimum absolute atomic E-state index is 0.118. The molecule has 0 spiro atoms. The predicted molar refractivity (Wildman–Crippen MR) is 76.4 cm³/mol. The minimum atomic E-state index is -0.733. The van der Waals surface area contributed by atoms with Gasteiger partial charge in [-0.25, -0.2) is 0 Å². The maximum Gasteiger partial charge on any atom is 0.311 e. The number of carboxylic acid groups (broad SMARTS) is 1. The molecule has 3 unspecified atom stereocenters. The maximum atomic E-state index is 11.8. The van der Waals surface area contributed by atoms with Crippen LogP contribution in [0.1, 0.15) is 17.9 Å². The molecule has 1 aromatic carbocycles. The summed E-state index contributed by atoms with van der Waals surface area (Å²) >= 11 is 0. The first kappa shape index (κ1) is 13.2. The molecular formula is C15H20N2O3. The van der Waals surface area contributed by atoms with Crippen molar-refractivity contribution < 1.29 is 14.6 Å². The van der Waals surface area contributed by atoms with Crippen LogP contribution in [0.3, 0.4) is 0 Å². The van der Waals surface area contributed by atoms with E-state index in [1.165, 1.54) is 0 Å². The van der Waals surface area contributed by atoms with E-state index < -0.39 is 11.9 Å². The second-order valence-corrected chi connectivity index (χ2v) is 5.73. The third-order valence-electron chi connectivity index (χ3n) is 4.49. The number of carboxylic acids is 1. The topological polar surface area (TPSA) is 61.8 Å². The molecule has 20 heavy (non-hydrogen) atoms. The smallest absolute Gasteiger partial charge is 0.311 e. The highest BCUT2D eigenvalue weighted by molar-refractivity contribution is 5.81. The van der Waals surface area contributed by atoms with Crippen molar-refractivity contribution in [3.8, 4) is 5.75 Å². The van der Waals surface area contributed by atoms with Gasteiger partial charge in [-0.3, -0.25) is 4.79 Å². The van der Waals surface area contributed by atoms with Crippen LogP contribution in [0.15, 0.2) is 18.2 Å². The van der Waals surface area contributed by atoms with E-state index in [0.29, 0.717) is 0 Å². The van der Waals surface area contributed by atoms with E-state index >= 15 is 0 Å². The van der Waals surface area contributed by atoms with Crippen LogP contribution in [0.2, 0.25) is 0 Å². The Hall–Kier alpha value is -1.75. The zero-order valence-corrected chi connectivity index (χ0v) is 11.8. The van der Waals surface area contributed by atoms with Gasteiger partial charge in [-0.1, -0.05) is 6.07 Å². The molecule has 2 N–H and O–H groups in total. The van der Waals surface area contributed by atoms with E-state index in [2.05, 4.69) is 17.3 Å². The maximum absolute atomic E-state index is 11.8. The Kier molecular flexibility index (Phi) is 3.30. The van der Waals surface area contributed by atoms with Crippen molar-refractivity contribution in [3.63, 3.8) is 0 Å². The lowest BCUT2D eigenvalue weighted by Gasteiger charge is -2.44. The highest BCUT2D eigenvalue weighted by atomic mass is 16.5. The highest BCUT2D eigenvalue weighted by Gasteiger charge is 2.43. The van der Waals surface area contributed by atoms with Gasteiger partial charge in [0.15, 0.2) is 0 Å². The van der Waals surface area contributed by atoms with Crippen LogP contribution in [-0.4, -0.2) is 49.3 Å². The van der Waals surface area contributed by atoms with Gasteiger partial charge in [-0.15, -0.1) is 0 Å². The first-order valence-electron chi connectivity index (χ1n) is 6.96. The molecule has 0 radical (unpaired) electrons. The number of aliphatic carboxylic acids is 1. The van der Waals surface area contributed by atoms with Crippen molar-refractivity contribution in [1.29, 1.82) is 0 Å². The number of ether oxygens (including phenoxy) is 1. The van der Waals surface area contributed by atoms with Crippen LogP contribution in [-0.2, 0) is 4.79 Å². The molecule has 2 aliphatic heterocycles. The fraction of sp³-hybridized carbons (Fsp3) is 0.533. The van der Waals surface area contributed by atoms with Gasteiger partial charge in [0, 0.05) is 30.3 Å². The van der Waals surface area contributed by atoms with Crippen molar-refractivity contribution in [2.45, 2.75) is 18.4 Å². The number of hydrogen-bond donors (Lipinski definition) is 2. The minimum Gasteiger partial charge on any atom is -0.497 e. The number of nitrogens with zero attached hydrogens (tertiary/aromatic N) is 1. The summed E-state index contributed by atoms with van der Waals surface area (Å²) in [7, 11) is 3.68. The lowest BCUT2D eigenvalue weighted by Crippen LogP contribution is -2.51. The standard InChI is InChI=1S/C15H20N2O3/c1-17-6-5-12-11(8-17)14(15(18)19)10-4-3-9(20-2)7-13(10)16-12/h3-4,7,11-12,14,16H,5-6,8H2,1-2H3,(H,18,19). The number of nitrogens with one attached hydrogen (secondary N) is 1. The predicted octanol–water partition coefficient (Wildman–Crippen LogP) is 1.61. The Bertz CT molecular complexity index is 532. The van der Waals surface area contributed by atoms with Crippen LogP contribution in [0.4, 0.5) is 5.69 Å². The molecule has 1 aromatic rings. The normalized spacial score (nSPS) is 29.0. The molecule has 0 amide bonds. The quantitative estimate of drug-likeness (QED) is 0.859. The van der Waals surface area contributed by atoms with Gasteiger partial charge in [0.25, 0.3) is 0 Å². The van der Waals surface area contributed by atoms with Gasteiger partial charge in [0.2, 0.25) is 0 Å². The first-order chi connectivity index (χ1) is 9.60. The van der Waals surface area contributed by atoms with Gasteiger partial charge in [0.05, 0.1) is 13.0 Å². The molecule has 0 aromatic heterocycles. The third kappa shape index (κ3) is 2.12. The zero-order valence-electron chi connectivity index (χ0n) is 11.8. The van der Waals surface area contributed by atoms with E-state index in [1.54, 1.807) is 7.11 Å². The average molecular weight is 276 g/mol. The van der Waals surface area contributed by atoms with Gasteiger partial charge in [-0.05, 0) is 31.6 Å². The number of benzene rings is 1. The number of anilines is 1. The van der Waals surface area contributed by atoms with Gasteiger partial charge in [0.1, 0.15) is 5.75 Å². The Balaban J connectivity index is 2.02. The molecule has 5 heteroatoms. The molecule has 0 bridgehead atoms. The molecule has 108 valence electrons. The summed E-state index contributed by atoms with van der Waals surface area (Å²) in [5.74, 6) is -0.299. The summed E-state index contributed by atoms with van der Waals surface area (Å²) in [6, 6.07) is 5.85. The van der Waals surface area contributed by atoms with E-state index in [-0.39, 0.29) is 12.0 Å². The molecule has 5 nitrogen and oxygen atoms in total. The van der Waals surface area contributed by atoms with Crippen molar-refractivity contribution in [2.75, 3.05) is 32.6 Å². The summed E-state index contributed by atoms with van der Waals surface area (Å²) in [6.07, 6.45) is 0.974. The number of carbonyl (C=O) groups is 1. The summed E-state index contributed by atoms with van der Waals surface area (Å²) in [6.45, 7) is 1.82. The molecule has 3 rings (SSSR count). The number of fused-ring (bicyclic) bond motifs is 2. The van der Waals surface area contributed by atoms with Crippen LogP contribution in [0.25, 0.3) is 0 Å². The van der Waals surface area contributed by atoms with Crippen molar-refractivity contribution in [3.05, 3.63) is 23.8 Å². The van der Waals surface area contributed by atoms with Crippen LogP contribution in [0, 0.1) is 5.92 Å². The fourth-order valence-electron chi connectivity index (χ4n) is 3.47. The first-order valence-corrected chi connectivity index (χ1v) is 6.96. The zero-order chi connectivity index (χ0) is 14.3. The number of methoxy groups -OCH3 is 1. The largest absolute Gasteiger partial charge is 0.497 e. The lowest BCUT2D eigenvalue weighted by molar-refractivity contribution is -0.141. The molecule has 2 aliphatic rings. The number of rotatable bonds is 2. The Morgan fingerprint density at radius 2 is 2.30 bits per heavy atom. The summed E-state index contributed by atoms with van der Waals surface area (Å²) in [5.41, 5.74) is 1.78. The molecule has 0 saturated carbocycles. The molecular weight excluding hydrogens is 256 g/mol. The number of piperidine rings is 1. The Morgan fingerprint density at radius 3 is 3.00 bits per heavy atom. The van der Waals surface area contributed by atoms with Gasteiger partial charge < -0.3 is 20.1 Å². The lowest BCUT2D eigenvalue weighted by atomic mass is 9.74. The van der Waals surface area contributed by atoms with E-state index in [0.717, 1.165) is 36.5 Å². The second-order valence-electron chi connectivity index (χ2n) is 5.73. The summed E-state index contributed by atoms with van der Waals surface area (Å²) in [5, 5.41) is 13.2. The SMILES string of the molecule is COc1ccc2c(c1)NC1CCN(C)CC1C2C(=O)O. The molecule has 0 aliphatic carbocycles. The molecule has 3 atom stereocenters. The number of likely N-dealkylation sites (tertiary alicyclic amines) is 1. The third-order valence-corrected chi connectivity index (χ3v) is 4.49. The average Bonchev–Trinajstić information content (AvgIpc) is 2.43. The van der Waals surface area contributed by atoms with E-state index in [4.69, 9.17) is 4.74 Å². The van der Waals surface area contributed by atoms with E-state index in [9.17, 15) is 9.90 Å². The van der Waals surface area contributed by atoms with Crippen LogP contribution >= 0.6 is 0 Å². The molecule has 2 heterocycles. The number of hydrogen-bond acceptors (Lipinski definition) is 4. The van der Waals surface area contributed by atoms with Gasteiger partial charge >= 0.3 is 5.97 Å². The van der Waals surface area contributed by atoms with Crippen molar-refractivity contribution in [1.82, 2.24) is 4.90 Å². The van der Waals surface area contributed by atoms with Crippen LogP contribution in [0.5, 0.6) is 5.75 Å². The Morgan fingerprint density at radius 1 is 1.50 bits per heavy atom. The fourth-order valence-corrected chi connectivity index (χ4v) is 3.47. The Labute approximate surface area is 118 Å². The monoisotopic (exact) mass is 276 g/mol. The van der Waals surface area contributed by atoms with Crippen molar-refractivity contribution >= 4 is 11.7 Å². The highest BCUT2D eigenvalue weighted by Crippen LogP contribution is 2.42. The van der Waals surface area contributed by atoms with E-state index in [1.807, 2.05) is 18.2 Å². The second kappa shape index (κ2) is 4.98. The van der Waals surface area contributed by atoms with Crippen LogP contribution < -0.4 is 10.1 Å². The summed E-state index contributed by atoms with van der Waals surface area (Å²) < 4.78 is 5.23. The molecule has 1 fully saturated rings. The summed E-state index contributed by atoms with van der Waals surface area (Å²) in [4.78, 5) is 14.0.